The van der Waals surface area contributed by atoms with Gasteiger partial charge in [-0.25, -0.2) is 0 Å². The summed E-state index contributed by atoms with van der Waals surface area (Å²) in [5, 5.41) is 0. The van der Waals surface area contributed by atoms with Crippen LogP contribution in [0.3, 0.4) is 0 Å². The molecule has 126 valence electrons. The molecule has 0 bridgehead atoms. The normalized spacial score (nSPS) is 17.2. The van der Waals surface area contributed by atoms with Crippen LogP contribution in [0.1, 0.15) is 44.1 Å². The molecule has 1 aliphatic rings. The largest absolute Gasteiger partial charge is 0.482 e. The number of allylic oxidation sites excluding steroid dienone is 3. The molecule has 0 aromatic heterocycles. The minimum atomic E-state index is -0.420. The third kappa shape index (κ3) is 5.72. The minimum absolute atomic E-state index is 0.00606. The van der Waals surface area contributed by atoms with E-state index in [-0.39, 0.29) is 5.78 Å². The molecule has 0 aliphatic heterocycles. The first-order chi connectivity index (χ1) is 11.7. The van der Waals surface area contributed by atoms with Crippen molar-refractivity contribution in [1.29, 1.82) is 0 Å². The maximum atomic E-state index is 12.1. The zero-order chi connectivity index (χ0) is 17.2. The summed E-state index contributed by atoms with van der Waals surface area (Å²) in [6, 6.07) is 8.11. The molecular weight excluding hydrogens is 296 g/mol. The number of hydrogen-bond donors (Lipinski definition) is 0. The van der Waals surface area contributed by atoms with Gasteiger partial charge in [0, 0.05) is 0 Å². The van der Waals surface area contributed by atoms with Gasteiger partial charge in [0.05, 0.1) is 0 Å². The fraction of sp³-hybridized carbons (Fsp3) is 0.364. The Balaban J connectivity index is 1.85. The molecule has 0 amide bonds. The van der Waals surface area contributed by atoms with E-state index in [4.69, 9.17) is 4.74 Å². The number of carbonyl (C=O) groups is 1. The monoisotopic (exact) mass is 322 g/mol. The van der Waals surface area contributed by atoms with Crippen molar-refractivity contribution in [1.82, 2.24) is 0 Å². The first-order valence-corrected chi connectivity index (χ1v) is 8.70. The smallest absolute Gasteiger partial charge is 0.196 e. The number of benzene rings is 1. The van der Waals surface area contributed by atoms with Gasteiger partial charge < -0.3 is 4.74 Å². The summed E-state index contributed by atoms with van der Waals surface area (Å²) >= 11 is 0. The van der Waals surface area contributed by atoms with E-state index in [0.717, 1.165) is 30.6 Å². The van der Waals surface area contributed by atoms with Gasteiger partial charge in [0.1, 0.15) is 5.75 Å². The van der Waals surface area contributed by atoms with Gasteiger partial charge in [-0.05, 0) is 73.9 Å². The van der Waals surface area contributed by atoms with Crippen LogP contribution in [0.15, 0.2) is 67.0 Å². The van der Waals surface area contributed by atoms with Gasteiger partial charge in [0.15, 0.2) is 11.9 Å². The Hall–Kier alpha value is -2.31. The van der Waals surface area contributed by atoms with E-state index in [0.29, 0.717) is 6.42 Å². The van der Waals surface area contributed by atoms with Crippen LogP contribution in [0.2, 0.25) is 0 Å². The molecular formula is C22H26O2. The predicted molar refractivity (Wildman–Crippen MR) is 99.3 cm³/mol. The van der Waals surface area contributed by atoms with Crippen LogP contribution >= 0.6 is 0 Å². The lowest BCUT2D eigenvalue weighted by Crippen LogP contribution is -2.24. The van der Waals surface area contributed by atoms with E-state index >= 15 is 0 Å². The van der Waals surface area contributed by atoms with Crippen molar-refractivity contribution in [2.45, 2.75) is 51.0 Å². The molecule has 1 aromatic carbocycles. The summed E-state index contributed by atoms with van der Waals surface area (Å²) in [6.07, 6.45) is 12.1. The van der Waals surface area contributed by atoms with E-state index in [1.165, 1.54) is 24.8 Å². The average Bonchev–Trinajstić information content (AvgIpc) is 2.78. The molecule has 2 heteroatoms. The van der Waals surface area contributed by atoms with Crippen LogP contribution in [0.5, 0.6) is 5.75 Å². The Bertz CT molecular complexity index is 630. The van der Waals surface area contributed by atoms with Crippen LogP contribution in [-0.4, -0.2) is 11.9 Å². The highest BCUT2D eigenvalue weighted by Gasteiger charge is 2.20. The molecule has 0 saturated heterocycles. The SMILES string of the molecule is C=C=C1C=CC(=O)C(Oc2ccc(CCCCCC=C)cc2)CC1. The first kappa shape index (κ1) is 18.0. The summed E-state index contributed by atoms with van der Waals surface area (Å²) in [7, 11) is 0. The molecule has 1 unspecified atom stereocenters. The summed E-state index contributed by atoms with van der Waals surface area (Å²) in [5.41, 5.74) is 5.12. The standard InChI is InChI=1S/C22H26O2/c1-3-5-6-7-8-9-19-10-14-20(15-11-19)24-22-17-13-18(4-2)12-16-21(22)23/h3,10-12,14-16,22H,1-2,5-9,13,17H2. The van der Waals surface area contributed by atoms with Crippen LogP contribution in [0.4, 0.5) is 0 Å². The number of rotatable bonds is 8. The fourth-order valence-corrected chi connectivity index (χ4v) is 2.76. The molecule has 1 atom stereocenters. The van der Waals surface area contributed by atoms with Crippen LogP contribution < -0.4 is 4.74 Å². The van der Waals surface area contributed by atoms with Crippen molar-refractivity contribution in [3.8, 4) is 5.75 Å². The van der Waals surface area contributed by atoms with Crippen LogP contribution in [-0.2, 0) is 11.2 Å². The highest BCUT2D eigenvalue weighted by Crippen LogP contribution is 2.21. The van der Waals surface area contributed by atoms with E-state index < -0.39 is 6.10 Å². The van der Waals surface area contributed by atoms with Crippen LogP contribution in [0, 0.1) is 0 Å². The zero-order valence-electron chi connectivity index (χ0n) is 14.3. The summed E-state index contributed by atoms with van der Waals surface area (Å²) in [6.45, 7) is 7.38. The predicted octanol–water partition coefficient (Wildman–Crippen LogP) is 5.35. The van der Waals surface area contributed by atoms with Gasteiger partial charge in [-0.1, -0.05) is 31.2 Å². The van der Waals surface area contributed by atoms with Gasteiger partial charge in [-0.2, -0.15) is 0 Å². The molecule has 0 saturated carbocycles. The van der Waals surface area contributed by atoms with E-state index in [9.17, 15) is 4.79 Å². The Labute approximate surface area is 145 Å². The van der Waals surface area contributed by atoms with Gasteiger partial charge in [-0.15, -0.1) is 12.3 Å². The van der Waals surface area contributed by atoms with Crippen molar-refractivity contribution in [2.24, 2.45) is 0 Å². The van der Waals surface area contributed by atoms with E-state index in [1.807, 2.05) is 18.2 Å². The summed E-state index contributed by atoms with van der Waals surface area (Å²) in [5.74, 6) is 0.759. The zero-order valence-corrected chi connectivity index (χ0v) is 14.3. The van der Waals surface area contributed by atoms with Gasteiger partial charge >= 0.3 is 0 Å². The lowest BCUT2D eigenvalue weighted by atomic mass is 10.1. The maximum Gasteiger partial charge on any atom is 0.196 e. The second-order valence-corrected chi connectivity index (χ2v) is 6.11. The summed E-state index contributed by atoms with van der Waals surface area (Å²) in [4.78, 5) is 12.1. The van der Waals surface area contributed by atoms with E-state index in [1.54, 1.807) is 12.2 Å². The number of unbranched alkanes of at least 4 members (excludes halogenated alkanes) is 3. The summed E-state index contributed by atoms with van der Waals surface area (Å²) < 4.78 is 5.88. The Kier molecular flexibility index (Phi) is 7.32. The first-order valence-electron chi connectivity index (χ1n) is 8.70. The molecule has 0 heterocycles. The molecule has 0 radical (unpaired) electrons. The maximum absolute atomic E-state index is 12.1. The van der Waals surface area contributed by atoms with Gasteiger partial charge in [0.25, 0.3) is 0 Å². The van der Waals surface area contributed by atoms with E-state index in [2.05, 4.69) is 31.0 Å². The third-order valence-corrected chi connectivity index (χ3v) is 4.24. The number of ether oxygens (including phenoxy) is 1. The number of ketones is 1. The van der Waals surface area contributed by atoms with Gasteiger partial charge in [0.2, 0.25) is 0 Å². The third-order valence-electron chi connectivity index (χ3n) is 4.24. The van der Waals surface area contributed by atoms with Crippen molar-refractivity contribution in [2.75, 3.05) is 0 Å². The average molecular weight is 322 g/mol. The fourth-order valence-electron chi connectivity index (χ4n) is 2.76. The van der Waals surface area contributed by atoms with Gasteiger partial charge in [-0.3, -0.25) is 4.79 Å². The number of carbonyl (C=O) groups excluding carboxylic acids is 1. The molecule has 1 aliphatic carbocycles. The Morgan fingerprint density at radius 3 is 2.67 bits per heavy atom. The number of hydrogen-bond acceptors (Lipinski definition) is 2. The van der Waals surface area contributed by atoms with Crippen LogP contribution in [0.25, 0.3) is 0 Å². The molecule has 2 rings (SSSR count). The Morgan fingerprint density at radius 1 is 1.17 bits per heavy atom. The van der Waals surface area contributed by atoms with Crippen molar-refractivity contribution in [3.63, 3.8) is 0 Å². The quantitative estimate of drug-likeness (QED) is 0.366. The molecule has 1 aromatic rings. The van der Waals surface area contributed by atoms with Crippen molar-refractivity contribution in [3.05, 3.63) is 72.5 Å². The topological polar surface area (TPSA) is 26.3 Å². The molecule has 0 spiro atoms. The lowest BCUT2D eigenvalue weighted by molar-refractivity contribution is -0.121. The number of aryl methyl sites for hydroxylation is 1. The molecule has 0 fully saturated rings. The second kappa shape index (κ2) is 9.75. The lowest BCUT2D eigenvalue weighted by Gasteiger charge is -2.15. The van der Waals surface area contributed by atoms with Crippen molar-refractivity contribution < 1.29 is 9.53 Å². The molecule has 24 heavy (non-hydrogen) atoms. The minimum Gasteiger partial charge on any atom is -0.482 e. The highest BCUT2D eigenvalue weighted by molar-refractivity contribution is 5.94. The second-order valence-electron chi connectivity index (χ2n) is 6.11. The molecule has 2 nitrogen and oxygen atoms in total. The molecule has 0 N–H and O–H groups in total. The van der Waals surface area contributed by atoms with Crippen molar-refractivity contribution >= 4 is 5.78 Å². The highest BCUT2D eigenvalue weighted by atomic mass is 16.5. The Morgan fingerprint density at radius 2 is 1.96 bits per heavy atom.